The Morgan fingerprint density at radius 3 is 2.69 bits per heavy atom. The molecule has 16 heavy (non-hydrogen) atoms. The molecule has 0 aliphatic heterocycles. The average Bonchev–Trinajstić information content (AvgIpc) is 2.81. The van der Waals surface area contributed by atoms with Crippen molar-refractivity contribution in [3.8, 4) is 0 Å². The van der Waals surface area contributed by atoms with Crippen LogP contribution in [0.15, 0.2) is 41.8 Å². The molecule has 1 heterocycles. The van der Waals surface area contributed by atoms with Gasteiger partial charge in [-0.15, -0.1) is 11.3 Å². The second-order valence-corrected chi connectivity index (χ2v) is 4.98. The molecule has 1 N–H and O–H groups in total. The number of benzene rings is 1. The molecule has 0 fully saturated rings. The number of aliphatic hydroxyl groups is 1. The van der Waals surface area contributed by atoms with Gasteiger partial charge in [0.15, 0.2) is 0 Å². The van der Waals surface area contributed by atoms with Crippen LogP contribution in [0.4, 0.5) is 0 Å². The lowest BCUT2D eigenvalue weighted by Gasteiger charge is -2.09. The number of aryl methyl sites for hydroxylation is 2. The lowest BCUT2D eigenvalue weighted by atomic mass is 10.0. The Balaban J connectivity index is 1.95. The standard InChI is InChI=1S/C14H16OS/c1-11-5-2-3-6-12(11)8-9-13(15)14-7-4-10-16-14/h2-7,10,13,15H,8-9H2,1H3. The van der Waals surface area contributed by atoms with E-state index in [9.17, 15) is 5.11 Å². The van der Waals surface area contributed by atoms with Crippen molar-refractivity contribution in [3.05, 3.63) is 57.8 Å². The SMILES string of the molecule is Cc1ccccc1CCC(O)c1cccs1. The third kappa shape index (κ3) is 2.71. The third-order valence-electron chi connectivity index (χ3n) is 2.82. The molecule has 0 bridgehead atoms. The Kier molecular flexibility index (Phi) is 3.75. The second-order valence-electron chi connectivity index (χ2n) is 4.00. The van der Waals surface area contributed by atoms with Crippen molar-refractivity contribution in [3.63, 3.8) is 0 Å². The van der Waals surface area contributed by atoms with Crippen LogP contribution in [0.5, 0.6) is 0 Å². The zero-order valence-corrected chi connectivity index (χ0v) is 10.2. The van der Waals surface area contributed by atoms with Crippen LogP contribution in [0.25, 0.3) is 0 Å². The molecule has 2 rings (SSSR count). The van der Waals surface area contributed by atoms with Gasteiger partial charge in [0.1, 0.15) is 0 Å². The minimum atomic E-state index is -0.320. The molecule has 0 amide bonds. The minimum absolute atomic E-state index is 0.320. The van der Waals surface area contributed by atoms with E-state index in [1.807, 2.05) is 17.5 Å². The van der Waals surface area contributed by atoms with Crippen molar-refractivity contribution in [2.45, 2.75) is 25.9 Å². The summed E-state index contributed by atoms with van der Waals surface area (Å²) in [4.78, 5) is 1.06. The van der Waals surface area contributed by atoms with E-state index in [4.69, 9.17) is 0 Å². The van der Waals surface area contributed by atoms with Crippen molar-refractivity contribution in [1.82, 2.24) is 0 Å². The van der Waals surface area contributed by atoms with Gasteiger partial charge < -0.3 is 5.11 Å². The van der Waals surface area contributed by atoms with E-state index < -0.39 is 0 Å². The maximum Gasteiger partial charge on any atom is 0.0885 e. The van der Waals surface area contributed by atoms with E-state index in [2.05, 4.69) is 31.2 Å². The normalized spacial score (nSPS) is 12.6. The largest absolute Gasteiger partial charge is 0.388 e. The van der Waals surface area contributed by atoms with Gasteiger partial charge in [0, 0.05) is 4.88 Å². The van der Waals surface area contributed by atoms with Crippen LogP contribution in [0.3, 0.4) is 0 Å². The highest BCUT2D eigenvalue weighted by Gasteiger charge is 2.08. The molecule has 0 saturated carbocycles. The summed E-state index contributed by atoms with van der Waals surface area (Å²) in [6.45, 7) is 2.12. The van der Waals surface area contributed by atoms with Crippen molar-refractivity contribution in [1.29, 1.82) is 0 Å². The molecule has 1 aromatic carbocycles. The molecule has 1 nitrogen and oxygen atoms in total. The molecule has 1 unspecified atom stereocenters. The maximum absolute atomic E-state index is 9.97. The molecule has 0 saturated heterocycles. The van der Waals surface area contributed by atoms with Crippen LogP contribution in [-0.2, 0) is 6.42 Å². The molecule has 0 aliphatic carbocycles. The van der Waals surface area contributed by atoms with Crippen molar-refractivity contribution in [2.75, 3.05) is 0 Å². The molecule has 0 spiro atoms. The van der Waals surface area contributed by atoms with Gasteiger partial charge in [0.25, 0.3) is 0 Å². The summed E-state index contributed by atoms with van der Waals surface area (Å²) < 4.78 is 0. The monoisotopic (exact) mass is 232 g/mol. The Morgan fingerprint density at radius 1 is 1.19 bits per heavy atom. The fourth-order valence-corrected chi connectivity index (χ4v) is 2.55. The zero-order valence-electron chi connectivity index (χ0n) is 9.39. The van der Waals surface area contributed by atoms with Crippen molar-refractivity contribution >= 4 is 11.3 Å². The topological polar surface area (TPSA) is 20.2 Å². The van der Waals surface area contributed by atoms with E-state index in [-0.39, 0.29) is 6.10 Å². The smallest absolute Gasteiger partial charge is 0.0885 e. The number of thiophene rings is 1. The van der Waals surface area contributed by atoms with Crippen molar-refractivity contribution in [2.24, 2.45) is 0 Å². The highest BCUT2D eigenvalue weighted by atomic mass is 32.1. The molecule has 1 aromatic heterocycles. The molecule has 2 aromatic rings. The van der Waals surface area contributed by atoms with Gasteiger partial charge in [-0.25, -0.2) is 0 Å². The van der Waals surface area contributed by atoms with Crippen LogP contribution in [-0.4, -0.2) is 5.11 Å². The number of aliphatic hydroxyl groups excluding tert-OH is 1. The van der Waals surface area contributed by atoms with E-state index in [0.717, 1.165) is 17.7 Å². The second kappa shape index (κ2) is 5.28. The first kappa shape index (κ1) is 11.4. The quantitative estimate of drug-likeness (QED) is 0.851. The van der Waals surface area contributed by atoms with Gasteiger partial charge in [-0.3, -0.25) is 0 Å². The van der Waals surface area contributed by atoms with Crippen LogP contribution >= 0.6 is 11.3 Å². The Hall–Kier alpha value is -1.12. The molecular weight excluding hydrogens is 216 g/mol. The predicted octanol–water partition coefficient (Wildman–Crippen LogP) is 3.72. The number of rotatable bonds is 4. The summed E-state index contributed by atoms with van der Waals surface area (Å²) in [5, 5.41) is 12.0. The third-order valence-corrected chi connectivity index (χ3v) is 3.79. The molecule has 1 atom stereocenters. The van der Waals surface area contributed by atoms with Gasteiger partial charge in [-0.05, 0) is 42.3 Å². The molecular formula is C14H16OS. The fourth-order valence-electron chi connectivity index (χ4n) is 1.81. The van der Waals surface area contributed by atoms with Gasteiger partial charge in [-0.1, -0.05) is 30.3 Å². The summed E-state index contributed by atoms with van der Waals surface area (Å²) in [7, 11) is 0. The van der Waals surface area contributed by atoms with Crippen LogP contribution < -0.4 is 0 Å². The molecule has 0 aliphatic rings. The minimum Gasteiger partial charge on any atom is -0.388 e. The lowest BCUT2D eigenvalue weighted by molar-refractivity contribution is 0.171. The highest BCUT2D eigenvalue weighted by molar-refractivity contribution is 7.10. The summed E-state index contributed by atoms with van der Waals surface area (Å²) in [6, 6.07) is 12.3. The van der Waals surface area contributed by atoms with Crippen LogP contribution in [0.1, 0.15) is 28.5 Å². The maximum atomic E-state index is 9.97. The van der Waals surface area contributed by atoms with E-state index >= 15 is 0 Å². The summed E-state index contributed by atoms with van der Waals surface area (Å²) >= 11 is 1.62. The summed E-state index contributed by atoms with van der Waals surface area (Å²) in [5.41, 5.74) is 2.64. The Labute approximate surface area is 100 Å². The van der Waals surface area contributed by atoms with Crippen molar-refractivity contribution < 1.29 is 5.11 Å². The van der Waals surface area contributed by atoms with Gasteiger partial charge >= 0.3 is 0 Å². The zero-order chi connectivity index (χ0) is 11.4. The first-order valence-electron chi connectivity index (χ1n) is 5.53. The fraction of sp³-hybridized carbons (Fsp3) is 0.286. The molecule has 84 valence electrons. The Bertz CT molecular complexity index is 434. The summed E-state index contributed by atoms with van der Waals surface area (Å²) in [5.74, 6) is 0. The first-order valence-corrected chi connectivity index (χ1v) is 6.41. The number of hydrogen-bond donors (Lipinski definition) is 1. The lowest BCUT2D eigenvalue weighted by Crippen LogP contribution is -1.98. The van der Waals surface area contributed by atoms with E-state index in [0.29, 0.717) is 0 Å². The number of hydrogen-bond acceptors (Lipinski definition) is 2. The van der Waals surface area contributed by atoms with Crippen LogP contribution in [0.2, 0.25) is 0 Å². The van der Waals surface area contributed by atoms with Crippen LogP contribution in [0, 0.1) is 6.92 Å². The molecule has 0 radical (unpaired) electrons. The Morgan fingerprint density at radius 2 is 2.00 bits per heavy atom. The van der Waals surface area contributed by atoms with Gasteiger partial charge in [0.2, 0.25) is 0 Å². The van der Waals surface area contributed by atoms with E-state index in [1.54, 1.807) is 11.3 Å². The van der Waals surface area contributed by atoms with Gasteiger partial charge in [-0.2, -0.15) is 0 Å². The average molecular weight is 232 g/mol. The van der Waals surface area contributed by atoms with Gasteiger partial charge in [0.05, 0.1) is 6.10 Å². The van der Waals surface area contributed by atoms with E-state index in [1.165, 1.54) is 11.1 Å². The summed E-state index contributed by atoms with van der Waals surface area (Å²) in [6.07, 6.45) is 1.41. The highest BCUT2D eigenvalue weighted by Crippen LogP contribution is 2.23. The predicted molar refractivity (Wildman–Crippen MR) is 68.8 cm³/mol. The molecule has 2 heteroatoms. The first-order chi connectivity index (χ1) is 7.77.